The molecule has 0 atom stereocenters. The predicted octanol–water partition coefficient (Wildman–Crippen LogP) is 6.50. The van der Waals surface area contributed by atoms with Crippen molar-refractivity contribution in [1.29, 1.82) is 0 Å². The molecule has 224 valence electrons. The van der Waals surface area contributed by atoms with Crippen molar-refractivity contribution in [3.63, 3.8) is 0 Å². The molecule has 3 aromatic heterocycles. The summed E-state index contributed by atoms with van der Waals surface area (Å²) < 4.78 is 7.62. The standard InChI is InChI=1S/C34H40N6O3/c1-7-28-26(12-11-21(3)36-28)27-15-24(32(41)39-19-25-17-35-40(8-2)30(25)20-39)14-23-16-29(37-31(23)27)22-10-9-13-38(18-22)33(42)43-34(4,5)6/h10-12,14-17,37H,7-9,13,18-20H2,1-6H3. The van der Waals surface area contributed by atoms with Crippen molar-refractivity contribution in [3.05, 3.63) is 76.5 Å². The monoisotopic (exact) mass is 580 g/mol. The zero-order chi connectivity index (χ0) is 30.5. The Morgan fingerprint density at radius 2 is 1.84 bits per heavy atom. The minimum Gasteiger partial charge on any atom is -0.444 e. The molecule has 0 saturated carbocycles. The Labute approximate surface area is 252 Å². The highest BCUT2D eigenvalue weighted by atomic mass is 16.6. The molecule has 1 N–H and O–H groups in total. The second-order valence-electron chi connectivity index (χ2n) is 12.5. The van der Waals surface area contributed by atoms with Crippen molar-refractivity contribution < 1.29 is 14.3 Å². The normalized spacial score (nSPS) is 15.2. The number of rotatable bonds is 5. The molecule has 2 amide bonds. The number of aromatic nitrogens is 4. The van der Waals surface area contributed by atoms with Gasteiger partial charge in [-0.25, -0.2) is 4.79 Å². The van der Waals surface area contributed by atoms with Crippen LogP contribution in [0.2, 0.25) is 0 Å². The van der Waals surface area contributed by atoms with Crippen LogP contribution in [0.15, 0.2) is 42.6 Å². The Bertz CT molecular complexity index is 1760. The number of benzene rings is 1. The number of hydrogen-bond donors (Lipinski definition) is 1. The van der Waals surface area contributed by atoms with E-state index in [1.54, 1.807) is 4.90 Å². The van der Waals surface area contributed by atoms with Gasteiger partial charge in [-0.15, -0.1) is 0 Å². The van der Waals surface area contributed by atoms with Crippen LogP contribution in [0.25, 0.3) is 27.6 Å². The molecule has 2 aliphatic rings. The summed E-state index contributed by atoms with van der Waals surface area (Å²) in [6, 6.07) is 10.2. The van der Waals surface area contributed by atoms with E-state index in [9.17, 15) is 9.59 Å². The molecule has 0 bridgehead atoms. The first-order valence-electron chi connectivity index (χ1n) is 15.2. The molecule has 6 rings (SSSR count). The van der Waals surface area contributed by atoms with E-state index in [0.717, 1.165) is 75.3 Å². The van der Waals surface area contributed by atoms with E-state index < -0.39 is 5.60 Å². The first-order chi connectivity index (χ1) is 20.5. The molecule has 0 saturated heterocycles. The first kappa shape index (κ1) is 28.7. The first-order valence-corrected chi connectivity index (χ1v) is 15.2. The predicted molar refractivity (Wildman–Crippen MR) is 168 cm³/mol. The number of aryl methyl sites for hydroxylation is 3. The third-order valence-corrected chi connectivity index (χ3v) is 8.19. The Morgan fingerprint density at radius 3 is 2.58 bits per heavy atom. The molecule has 1 aromatic carbocycles. The SMILES string of the molecule is CCc1nc(C)ccc1-c1cc(C(=O)N2Cc3cnn(CC)c3C2)cc2cc(C3=CCCN(C(=O)OC(C)(C)C)C3)[nH]c12. The topological polar surface area (TPSA) is 96.4 Å². The van der Waals surface area contributed by atoms with Crippen LogP contribution in [-0.4, -0.2) is 60.2 Å². The number of nitrogens with zero attached hydrogens (tertiary/aromatic N) is 5. The van der Waals surface area contributed by atoms with Gasteiger partial charge in [0.05, 0.1) is 30.5 Å². The van der Waals surface area contributed by atoms with Gasteiger partial charge in [0.25, 0.3) is 5.91 Å². The number of pyridine rings is 1. The Balaban J connectivity index is 1.40. The van der Waals surface area contributed by atoms with Crippen LogP contribution >= 0.6 is 0 Å². The molecule has 0 fully saturated rings. The van der Waals surface area contributed by atoms with Gasteiger partial charge in [0.1, 0.15) is 5.60 Å². The van der Waals surface area contributed by atoms with Gasteiger partial charge in [-0.2, -0.15) is 5.10 Å². The van der Waals surface area contributed by atoms with Gasteiger partial charge in [-0.05, 0) is 77.3 Å². The summed E-state index contributed by atoms with van der Waals surface area (Å²) in [5.41, 5.74) is 9.15. The van der Waals surface area contributed by atoms with Crippen LogP contribution in [0, 0.1) is 6.92 Å². The number of fused-ring (bicyclic) bond motifs is 2. The Hall–Kier alpha value is -4.40. The number of ether oxygens (including phenoxy) is 1. The lowest BCUT2D eigenvalue weighted by atomic mass is 9.97. The molecular weight excluding hydrogens is 540 g/mol. The molecule has 4 aromatic rings. The number of carbonyl (C=O) groups is 2. The van der Waals surface area contributed by atoms with Gasteiger partial charge in [-0.3, -0.25) is 14.5 Å². The van der Waals surface area contributed by atoms with Crippen LogP contribution in [0.4, 0.5) is 4.79 Å². The van der Waals surface area contributed by atoms with Crippen LogP contribution in [0.3, 0.4) is 0 Å². The fourth-order valence-electron chi connectivity index (χ4n) is 6.11. The average molecular weight is 581 g/mol. The maximum Gasteiger partial charge on any atom is 0.410 e. The largest absolute Gasteiger partial charge is 0.444 e. The Morgan fingerprint density at radius 1 is 1.02 bits per heavy atom. The van der Waals surface area contributed by atoms with Crippen LogP contribution in [0.5, 0.6) is 0 Å². The summed E-state index contributed by atoms with van der Waals surface area (Å²) in [6.45, 7) is 14.8. The minimum atomic E-state index is -0.553. The second-order valence-corrected chi connectivity index (χ2v) is 12.5. The molecule has 0 unspecified atom stereocenters. The smallest absolute Gasteiger partial charge is 0.410 e. The van der Waals surface area contributed by atoms with Gasteiger partial charge in [0, 0.05) is 64.4 Å². The lowest BCUT2D eigenvalue weighted by Crippen LogP contribution is -2.39. The number of amides is 2. The minimum absolute atomic E-state index is 0.00384. The summed E-state index contributed by atoms with van der Waals surface area (Å²) in [7, 11) is 0. The highest BCUT2D eigenvalue weighted by molar-refractivity contribution is 6.05. The van der Waals surface area contributed by atoms with Crippen LogP contribution in [0.1, 0.15) is 79.7 Å². The van der Waals surface area contributed by atoms with E-state index >= 15 is 0 Å². The quantitative estimate of drug-likeness (QED) is 0.291. The number of H-pyrrole nitrogens is 1. The van der Waals surface area contributed by atoms with Crippen molar-refractivity contribution in [1.82, 2.24) is 29.5 Å². The molecular formula is C34H40N6O3. The summed E-state index contributed by atoms with van der Waals surface area (Å²) in [4.78, 5) is 39.0. The van der Waals surface area contributed by atoms with Crippen molar-refractivity contribution in [2.45, 2.75) is 79.6 Å². The van der Waals surface area contributed by atoms with Gasteiger partial charge in [-0.1, -0.05) is 19.1 Å². The molecule has 0 aliphatic carbocycles. The van der Waals surface area contributed by atoms with Crippen LogP contribution in [-0.2, 0) is 30.8 Å². The molecule has 43 heavy (non-hydrogen) atoms. The lowest BCUT2D eigenvalue weighted by molar-refractivity contribution is 0.0273. The molecule has 9 heteroatoms. The van der Waals surface area contributed by atoms with Gasteiger partial charge in [0.2, 0.25) is 0 Å². The molecule has 9 nitrogen and oxygen atoms in total. The van der Waals surface area contributed by atoms with E-state index in [-0.39, 0.29) is 12.0 Å². The highest BCUT2D eigenvalue weighted by Crippen LogP contribution is 2.36. The third-order valence-electron chi connectivity index (χ3n) is 8.19. The van der Waals surface area contributed by atoms with E-state index in [1.807, 2.05) is 61.7 Å². The Kier molecular flexibility index (Phi) is 7.36. The number of nitrogens with one attached hydrogen (secondary N) is 1. The van der Waals surface area contributed by atoms with Gasteiger partial charge >= 0.3 is 6.09 Å². The summed E-state index contributed by atoms with van der Waals surface area (Å²) in [5, 5.41) is 5.40. The van der Waals surface area contributed by atoms with E-state index in [2.05, 4.69) is 42.1 Å². The number of hydrogen-bond acceptors (Lipinski definition) is 5. The van der Waals surface area contributed by atoms with Crippen molar-refractivity contribution in [3.8, 4) is 11.1 Å². The van der Waals surface area contributed by atoms with E-state index in [4.69, 9.17) is 9.72 Å². The summed E-state index contributed by atoms with van der Waals surface area (Å²) in [6.07, 6.45) is 5.27. The number of aromatic amines is 1. The van der Waals surface area contributed by atoms with Gasteiger partial charge in [0.15, 0.2) is 0 Å². The lowest BCUT2D eigenvalue weighted by Gasteiger charge is -2.30. The second kappa shape index (κ2) is 11.0. The molecule has 5 heterocycles. The fraction of sp³-hybridized carbons (Fsp3) is 0.412. The average Bonchev–Trinajstić information content (AvgIpc) is 3.70. The maximum atomic E-state index is 14.0. The maximum absolute atomic E-state index is 14.0. The molecule has 0 spiro atoms. The zero-order valence-corrected chi connectivity index (χ0v) is 26.0. The molecule has 0 radical (unpaired) electrons. The highest BCUT2D eigenvalue weighted by Gasteiger charge is 2.29. The van der Waals surface area contributed by atoms with Gasteiger partial charge < -0.3 is 19.5 Å². The zero-order valence-electron chi connectivity index (χ0n) is 26.0. The third kappa shape index (κ3) is 5.56. The summed E-state index contributed by atoms with van der Waals surface area (Å²) >= 11 is 0. The van der Waals surface area contributed by atoms with Crippen molar-refractivity contribution in [2.24, 2.45) is 0 Å². The van der Waals surface area contributed by atoms with E-state index in [1.165, 1.54) is 0 Å². The number of carbonyl (C=O) groups excluding carboxylic acids is 2. The van der Waals surface area contributed by atoms with Crippen LogP contribution < -0.4 is 0 Å². The fourth-order valence-corrected chi connectivity index (χ4v) is 6.11. The summed E-state index contributed by atoms with van der Waals surface area (Å²) in [5.74, 6) is -0.00384. The molecule has 2 aliphatic heterocycles. The van der Waals surface area contributed by atoms with Crippen molar-refractivity contribution in [2.75, 3.05) is 13.1 Å². The van der Waals surface area contributed by atoms with Crippen molar-refractivity contribution >= 4 is 28.5 Å². The van der Waals surface area contributed by atoms with E-state index in [0.29, 0.717) is 31.7 Å².